The Labute approximate surface area is 119 Å². The molecule has 0 saturated heterocycles. The van der Waals surface area contributed by atoms with Crippen molar-refractivity contribution >= 4 is 18.0 Å². The van der Waals surface area contributed by atoms with Crippen molar-refractivity contribution in [2.75, 3.05) is 14.2 Å². The van der Waals surface area contributed by atoms with Crippen molar-refractivity contribution in [2.45, 2.75) is 13.3 Å². The number of methoxy groups -OCH3 is 2. The maximum atomic E-state index is 11.8. The molecule has 1 atom stereocenters. The molecule has 0 aliphatic carbocycles. The Morgan fingerprint density at radius 1 is 1.10 bits per heavy atom. The summed E-state index contributed by atoms with van der Waals surface area (Å²) in [6, 6.07) is 9.70. The number of ether oxygens (including phenoxy) is 2. The van der Waals surface area contributed by atoms with E-state index in [9.17, 15) is 9.59 Å². The van der Waals surface area contributed by atoms with Gasteiger partial charge in [0.25, 0.3) is 0 Å². The van der Waals surface area contributed by atoms with Crippen LogP contribution in [0.2, 0.25) is 0 Å². The highest BCUT2D eigenvalue weighted by atomic mass is 16.5. The summed E-state index contributed by atoms with van der Waals surface area (Å²) in [7, 11) is 2.54. The second kappa shape index (κ2) is 8.15. The molecule has 0 aliphatic heterocycles. The minimum absolute atomic E-state index is 0.255. The van der Waals surface area contributed by atoms with Crippen molar-refractivity contribution in [2.24, 2.45) is 11.8 Å². The summed E-state index contributed by atoms with van der Waals surface area (Å²) in [6.07, 6.45) is 4.39. The zero-order valence-corrected chi connectivity index (χ0v) is 12.0. The highest BCUT2D eigenvalue weighted by molar-refractivity contribution is 5.95. The van der Waals surface area contributed by atoms with Gasteiger partial charge < -0.3 is 9.47 Å². The summed E-state index contributed by atoms with van der Waals surface area (Å²) < 4.78 is 9.39. The molecule has 1 aromatic rings. The second-order valence-electron chi connectivity index (χ2n) is 4.37. The Balaban J connectivity index is 2.93. The van der Waals surface area contributed by atoms with Gasteiger partial charge in [0.1, 0.15) is 0 Å². The van der Waals surface area contributed by atoms with Gasteiger partial charge >= 0.3 is 11.9 Å². The molecule has 1 aromatic carbocycles. The van der Waals surface area contributed by atoms with Crippen LogP contribution in [0.3, 0.4) is 0 Å². The van der Waals surface area contributed by atoms with Crippen molar-refractivity contribution in [1.82, 2.24) is 0 Å². The van der Waals surface area contributed by atoms with Crippen LogP contribution < -0.4 is 0 Å². The average Bonchev–Trinajstić information content (AvgIpc) is 2.51. The maximum Gasteiger partial charge on any atom is 0.320 e. The summed E-state index contributed by atoms with van der Waals surface area (Å²) in [5.41, 5.74) is 1.01. The molecule has 0 fully saturated rings. The van der Waals surface area contributed by atoms with Gasteiger partial charge in [-0.05, 0) is 12.0 Å². The van der Waals surface area contributed by atoms with Crippen molar-refractivity contribution in [3.63, 3.8) is 0 Å². The summed E-state index contributed by atoms with van der Waals surface area (Å²) in [6.45, 7) is 1.92. The lowest BCUT2D eigenvalue weighted by molar-refractivity contribution is -0.160. The van der Waals surface area contributed by atoms with Crippen LogP contribution >= 0.6 is 0 Å². The highest BCUT2D eigenvalue weighted by Gasteiger charge is 2.34. The first-order valence-electron chi connectivity index (χ1n) is 6.53. The number of esters is 2. The summed E-state index contributed by atoms with van der Waals surface area (Å²) in [5.74, 6) is -2.31. The van der Waals surface area contributed by atoms with Crippen LogP contribution in [-0.2, 0) is 19.1 Å². The van der Waals surface area contributed by atoms with Crippen molar-refractivity contribution in [1.29, 1.82) is 0 Å². The Bertz CT molecular complexity index is 449. The molecule has 1 rings (SSSR count). The van der Waals surface area contributed by atoms with Crippen LogP contribution in [0.25, 0.3) is 6.08 Å². The van der Waals surface area contributed by atoms with Crippen molar-refractivity contribution in [3.8, 4) is 0 Å². The predicted octanol–water partition coefficient (Wildman–Crippen LogP) is 2.69. The molecule has 108 valence electrons. The molecule has 4 nitrogen and oxygen atoms in total. The van der Waals surface area contributed by atoms with E-state index >= 15 is 0 Å². The normalized spacial score (nSPS) is 12.4. The first-order valence-corrected chi connectivity index (χ1v) is 6.53. The number of carbonyl (C=O) groups excluding carboxylic acids is 2. The van der Waals surface area contributed by atoms with E-state index in [2.05, 4.69) is 0 Å². The molecule has 0 spiro atoms. The molecule has 0 N–H and O–H groups in total. The smallest absolute Gasteiger partial charge is 0.320 e. The van der Waals surface area contributed by atoms with Crippen LogP contribution in [0.4, 0.5) is 0 Å². The van der Waals surface area contributed by atoms with Gasteiger partial charge in [-0.3, -0.25) is 9.59 Å². The molecule has 0 aromatic heterocycles. The Morgan fingerprint density at radius 2 is 1.65 bits per heavy atom. The first-order chi connectivity index (χ1) is 9.63. The Kier molecular flexibility index (Phi) is 6.50. The largest absolute Gasteiger partial charge is 0.468 e. The van der Waals surface area contributed by atoms with Crippen LogP contribution in [0.5, 0.6) is 0 Å². The molecular weight excluding hydrogens is 256 g/mol. The fourth-order valence-electron chi connectivity index (χ4n) is 1.98. The number of carbonyl (C=O) groups is 2. The fourth-order valence-corrected chi connectivity index (χ4v) is 1.98. The third kappa shape index (κ3) is 4.23. The number of benzene rings is 1. The van der Waals surface area contributed by atoms with Gasteiger partial charge in [-0.15, -0.1) is 0 Å². The summed E-state index contributed by atoms with van der Waals surface area (Å²) >= 11 is 0. The Morgan fingerprint density at radius 3 is 2.10 bits per heavy atom. The zero-order chi connectivity index (χ0) is 15.0. The third-order valence-electron chi connectivity index (χ3n) is 3.15. The topological polar surface area (TPSA) is 52.6 Å². The second-order valence-corrected chi connectivity index (χ2v) is 4.37. The standard InChI is InChI=1S/C16H20O4/c1-4-13(11-10-12-8-6-5-7-9-12)14(15(17)19-2)16(18)20-3/h5-11,13-14H,4H2,1-3H3/b11-10+. The third-order valence-corrected chi connectivity index (χ3v) is 3.15. The Hall–Kier alpha value is -2.10. The van der Waals surface area contributed by atoms with Gasteiger partial charge in [-0.25, -0.2) is 0 Å². The molecule has 1 unspecified atom stereocenters. The minimum Gasteiger partial charge on any atom is -0.468 e. The number of allylic oxidation sites excluding steroid dienone is 1. The fraction of sp³-hybridized carbons (Fsp3) is 0.375. The number of hydrogen-bond donors (Lipinski definition) is 0. The monoisotopic (exact) mass is 276 g/mol. The van der Waals surface area contributed by atoms with E-state index in [-0.39, 0.29) is 5.92 Å². The van der Waals surface area contributed by atoms with E-state index in [1.54, 1.807) is 0 Å². The summed E-state index contributed by atoms with van der Waals surface area (Å²) in [5, 5.41) is 0. The minimum atomic E-state index is -0.921. The van der Waals surface area contributed by atoms with Gasteiger partial charge in [0.15, 0.2) is 5.92 Å². The van der Waals surface area contributed by atoms with Gasteiger partial charge in [0, 0.05) is 5.92 Å². The zero-order valence-electron chi connectivity index (χ0n) is 12.0. The lowest BCUT2D eigenvalue weighted by Gasteiger charge is -2.19. The van der Waals surface area contributed by atoms with E-state index in [0.717, 1.165) is 5.56 Å². The number of rotatable bonds is 6. The van der Waals surface area contributed by atoms with Crippen molar-refractivity contribution < 1.29 is 19.1 Å². The lowest BCUT2D eigenvalue weighted by Crippen LogP contribution is -2.32. The van der Waals surface area contributed by atoms with Crippen LogP contribution in [0, 0.1) is 11.8 Å². The molecule has 0 saturated carbocycles. The molecule has 0 heterocycles. The van der Waals surface area contributed by atoms with Gasteiger partial charge in [0.2, 0.25) is 0 Å². The van der Waals surface area contributed by atoms with Gasteiger partial charge in [0.05, 0.1) is 14.2 Å². The average molecular weight is 276 g/mol. The van der Waals surface area contributed by atoms with Crippen LogP contribution in [0.1, 0.15) is 18.9 Å². The maximum absolute atomic E-state index is 11.8. The highest BCUT2D eigenvalue weighted by Crippen LogP contribution is 2.22. The van der Waals surface area contributed by atoms with Crippen molar-refractivity contribution in [3.05, 3.63) is 42.0 Å². The van der Waals surface area contributed by atoms with E-state index in [1.807, 2.05) is 49.4 Å². The molecule has 20 heavy (non-hydrogen) atoms. The molecule has 0 amide bonds. The molecule has 0 bridgehead atoms. The van der Waals surface area contributed by atoms with E-state index in [1.165, 1.54) is 14.2 Å². The SMILES string of the molecule is CCC(/C=C/c1ccccc1)C(C(=O)OC)C(=O)OC. The number of hydrogen-bond acceptors (Lipinski definition) is 4. The molecule has 0 aliphatic rings. The van der Waals surface area contributed by atoms with Crippen LogP contribution in [0.15, 0.2) is 36.4 Å². The lowest BCUT2D eigenvalue weighted by atomic mass is 9.89. The first kappa shape index (κ1) is 16.0. The molecule has 4 heteroatoms. The van der Waals surface area contributed by atoms with Crippen LogP contribution in [-0.4, -0.2) is 26.2 Å². The van der Waals surface area contributed by atoms with Gasteiger partial charge in [-0.1, -0.05) is 49.4 Å². The van der Waals surface area contributed by atoms with Gasteiger partial charge in [-0.2, -0.15) is 0 Å². The van der Waals surface area contributed by atoms with E-state index in [4.69, 9.17) is 9.47 Å². The summed E-state index contributed by atoms with van der Waals surface area (Å²) in [4.78, 5) is 23.5. The quantitative estimate of drug-likeness (QED) is 0.592. The molecular formula is C16H20O4. The predicted molar refractivity (Wildman–Crippen MR) is 76.8 cm³/mol. The van der Waals surface area contributed by atoms with E-state index < -0.39 is 17.9 Å². The molecule has 0 radical (unpaired) electrons. The van der Waals surface area contributed by atoms with E-state index in [0.29, 0.717) is 6.42 Å².